The van der Waals surface area contributed by atoms with Gasteiger partial charge in [0.1, 0.15) is 0 Å². The molecule has 0 aliphatic carbocycles. The van der Waals surface area contributed by atoms with E-state index >= 15 is 0 Å². The second kappa shape index (κ2) is 8.56. The maximum atomic E-state index is 12.4. The number of hydrogen-bond acceptors (Lipinski definition) is 2. The van der Waals surface area contributed by atoms with E-state index in [1.54, 1.807) is 11.0 Å². The Kier molecular flexibility index (Phi) is 6.17. The van der Waals surface area contributed by atoms with Crippen molar-refractivity contribution < 1.29 is 9.59 Å². The van der Waals surface area contributed by atoms with Gasteiger partial charge in [0.25, 0.3) is 0 Å². The third-order valence-electron chi connectivity index (χ3n) is 4.51. The van der Waals surface area contributed by atoms with Crippen molar-refractivity contribution >= 4 is 35.0 Å². The topological polar surface area (TPSA) is 49.4 Å². The lowest BCUT2D eigenvalue weighted by Crippen LogP contribution is -2.34. The molecule has 1 N–H and O–H groups in total. The van der Waals surface area contributed by atoms with Crippen LogP contribution in [0.4, 0.5) is 0 Å². The molecule has 4 nitrogen and oxygen atoms in total. The van der Waals surface area contributed by atoms with Crippen LogP contribution in [0.3, 0.4) is 0 Å². The number of amides is 2. The van der Waals surface area contributed by atoms with Crippen molar-refractivity contribution in [2.45, 2.75) is 19.4 Å². The highest BCUT2D eigenvalue weighted by atomic mass is 35.5. The summed E-state index contributed by atoms with van der Waals surface area (Å²) in [6, 6.07) is 15.0. The van der Waals surface area contributed by atoms with Crippen molar-refractivity contribution in [2.75, 3.05) is 13.1 Å². The third kappa shape index (κ3) is 4.77. The number of carbonyl (C=O) groups is 2. The highest BCUT2D eigenvalue weighted by Crippen LogP contribution is 2.23. The van der Waals surface area contributed by atoms with Gasteiger partial charge in [-0.05, 0) is 35.7 Å². The average molecular weight is 391 g/mol. The molecule has 0 saturated carbocycles. The number of nitrogens with zero attached hydrogens (tertiary/aromatic N) is 1. The van der Waals surface area contributed by atoms with Crippen molar-refractivity contribution in [1.29, 1.82) is 0 Å². The minimum atomic E-state index is -0.315. The number of halogens is 2. The Labute approximate surface area is 163 Å². The summed E-state index contributed by atoms with van der Waals surface area (Å²) in [7, 11) is 0. The summed E-state index contributed by atoms with van der Waals surface area (Å²) >= 11 is 12.1. The fraction of sp³-hybridized carbons (Fsp3) is 0.300. The lowest BCUT2D eigenvalue weighted by Gasteiger charge is -2.17. The van der Waals surface area contributed by atoms with Gasteiger partial charge in [-0.2, -0.15) is 0 Å². The molecule has 1 saturated heterocycles. The smallest absolute Gasteiger partial charge is 0.225 e. The molecule has 0 bridgehead atoms. The predicted octanol–water partition coefficient (Wildman–Crippen LogP) is 3.70. The molecule has 1 aliphatic rings. The zero-order valence-electron chi connectivity index (χ0n) is 14.3. The monoisotopic (exact) mass is 390 g/mol. The summed E-state index contributed by atoms with van der Waals surface area (Å²) in [5.41, 5.74) is 1.96. The minimum Gasteiger partial charge on any atom is -0.355 e. The number of rotatable bonds is 6. The van der Waals surface area contributed by atoms with Gasteiger partial charge in [-0.25, -0.2) is 0 Å². The highest BCUT2D eigenvalue weighted by Gasteiger charge is 2.34. The zero-order valence-corrected chi connectivity index (χ0v) is 15.8. The van der Waals surface area contributed by atoms with E-state index < -0.39 is 0 Å². The molecule has 2 aromatic rings. The lowest BCUT2D eigenvalue weighted by atomic mass is 10.1. The Morgan fingerprint density at radius 3 is 2.73 bits per heavy atom. The molecule has 1 aliphatic heterocycles. The third-order valence-corrected chi connectivity index (χ3v) is 5.11. The molecule has 1 unspecified atom stereocenters. The van der Waals surface area contributed by atoms with E-state index in [1.165, 1.54) is 0 Å². The summed E-state index contributed by atoms with van der Waals surface area (Å²) in [6.45, 7) is 1.38. The van der Waals surface area contributed by atoms with Crippen molar-refractivity contribution in [2.24, 2.45) is 5.92 Å². The van der Waals surface area contributed by atoms with Crippen LogP contribution in [-0.2, 0) is 22.6 Å². The van der Waals surface area contributed by atoms with E-state index in [4.69, 9.17) is 23.2 Å². The first-order valence-electron chi connectivity index (χ1n) is 8.56. The van der Waals surface area contributed by atoms with Gasteiger partial charge in [0.05, 0.1) is 5.92 Å². The molecule has 26 heavy (non-hydrogen) atoms. The first-order valence-corrected chi connectivity index (χ1v) is 9.32. The molecule has 1 atom stereocenters. The number of benzene rings is 2. The second-order valence-corrected chi connectivity index (χ2v) is 7.28. The molecule has 1 fully saturated rings. The Morgan fingerprint density at radius 1 is 1.15 bits per heavy atom. The van der Waals surface area contributed by atoms with E-state index in [0.29, 0.717) is 36.1 Å². The van der Waals surface area contributed by atoms with Gasteiger partial charge in [0, 0.05) is 36.1 Å². The summed E-state index contributed by atoms with van der Waals surface area (Å²) in [6.07, 6.45) is 0.948. The Hall–Kier alpha value is -2.04. The van der Waals surface area contributed by atoms with Crippen LogP contribution in [0.15, 0.2) is 48.5 Å². The standard InChI is InChI=1S/C20H20Cl2N2O2/c21-17-6-3-4-14(10-17)8-9-23-20(26)16-11-19(25)24(13-16)12-15-5-1-2-7-18(15)22/h1-7,10,16H,8-9,11-13H2,(H,23,26). The molecule has 3 rings (SSSR count). The summed E-state index contributed by atoms with van der Waals surface area (Å²) in [4.78, 5) is 26.3. The van der Waals surface area contributed by atoms with Crippen molar-refractivity contribution in [3.8, 4) is 0 Å². The van der Waals surface area contributed by atoms with Gasteiger partial charge in [-0.3, -0.25) is 9.59 Å². The van der Waals surface area contributed by atoms with E-state index in [-0.39, 0.29) is 24.2 Å². The van der Waals surface area contributed by atoms with E-state index in [0.717, 1.165) is 11.1 Å². The molecule has 0 spiro atoms. The maximum absolute atomic E-state index is 12.4. The van der Waals surface area contributed by atoms with Crippen LogP contribution in [0.5, 0.6) is 0 Å². The Bertz CT molecular complexity index is 810. The van der Waals surface area contributed by atoms with Crippen LogP contribution >= 0.6 is 23.2 Å². The Balaban J connectivity index is 1.50. The minimum absolute atomic E-state index is 0.0140. The number of carbonyl (C=O) groups excluding carboxylic acids is 2. The largest absolute Gasteiger partial charge is 0.355 e. The zero-order chi connectivity index (χ0) is 18.5. The van der Waals surface area contributed by atoms with Crippen molar-refractivity contribution in [3.63, 3.8) is 0 Å². The van der Waals surface area contributed by atoms with Crippen LogP contribution < -0.4 is 5.32 Å². The number of hydrogen-bond donors (Lipinski definition) is 1. The quantitative estimate of drug-likeness (QED) is 0.817. The van der Waals surface area contributed by atoms with Crippen LogP contribution in [0.1, 0.15) is 17.5 Å². The fourth-order valence-corrected chi connectivity index (χ4v) is 3.51. The van der Waals surface area contributed by atoms with Crippen LogP contribution in [0.2, 0.25) is 10.0 Å². The van der Waals surface area contributed by atoms with Crippen molar-refractivity contribution in [3.05, 3.63) is 69.7 Å². The van der Waals surface area contributed by atoms with Crippen molar-refractivity contribution in [1.82, 2.24) is 10.2 Å². The first kappa shape index (κ1) is 18.7. The fourth-order valence-electron chi connectivity index (χ4n) is 3.10. The average Bonchev–Trinajstić information content (AvgIpc) is 2.98. The summed E-state index contributed by atoms with van der Waals surface area (Å²) in [5.74, 6) is -0.411. The second-order valence-electron chi connectivity index (χ2n) is 6.44. The summed E-state index contributed by atoms with van der Waals surface area (Å²) < 4.78 is 0. The molecule has 136 valence electrons. The molecule has 2 aromatic carbocycles. The van der Waals surface area contributed by atoms with Gasteiger partial charge in [0.2, 0.25) is 11.8 Å². The van der Waals surface area contributed by atoms with Gasteiger partial charge >= 0.3 is 0 Å². The number of likely N-dealkylation sites (tertiary alicyclic amines) is 1. The molecule has 2 amide bonds. The predicted molar refractivity (Wildman–Crippen MR) is 103 cm³/mol. The van der Waals surface area contributed by atoms with E-state index in [9.17, 15) is 9.59 Å². The molecular formula is C20H20Cl2N2O2. The molecule has 1 heterocycles. The van der Waals surface area contributed by atoms with Gasteiger partial charge < -0.3 is 10.2 Å². The number of nitrogens with one attached hydrogen (secondary N) is 1. The highest BCUT2D eigenvalue weighted by molar-refractivity contribution is 6.31. The SMILES string of the molecule is O=C(NCCc1cccc(Cl)c1)C1CC(=O)N(Cc2ccccc2Cl)C1. The summed E-state index contributed by atoms with van der Waals surface area (Å²) in [5, 5.41) is 4.24. The van der Waals surface area contributed by atoms with Gasteiger partial charge in [0.15, 0.2) is 0 Å². The van der Waals surface area contributed by atoms with Crippen LogP contribution in [0.25, 0.3) is 0 Å². The normalized spacial score (nSPS) is 16.8. The van der Waals surface area contributed by atoms with Gasteiger partial charge in [-0.1, -0.05) is 53.5 Å². The Morgan fingerprint density at radius 2 is 1.96 bits per heavy atom. The lowest BCUT2D eigenvalue weighted by molar-refractivity contribution is -0.129. The van der Waals surface area contributed by atoms with E-state index in [2.05, 4.69) is 5.32 Å². The van der Waals surface area contributed by atoms with E-state index in [1.807, 2.05) is 42.5 Å². The molecular weight excluding hydrogens is 371 g/mol. The molecule has 0 radical (unpaired) electrons. The van der Waals surface area contributed by atoms with Crippen LogP contribution in [0, 0.1) is 5.92 Å². The first-order chi connectivity index (χ1) is 12.5. The maximum Gasteiger partial charge on any atom is 0.225 e. The van der Waals surface area contributed by atoms with Crippen LogP contribution in [-0.4, -0.2) is 29.8 Å². The molecule has 6 heteroatoms. The van der Waals surface area contributed by atoms with Gasteiger partial charge in [-0.15, -0.1) is 0 Å². The molecule has 0 aromatic heterocycles.